The topological polar surface area (TPSA) is 67.2 Å². The van der Waals surface area contributed by atoms with E-state index in [1.807, 2.05) is 0 Å². The lowest BCUT2D eigenvalue weighted by Crippen LogP contribution is -2.40. The second kappa shape index (κ2) is 7.04. The predicted octanol–water partition coefficient (Wildman–Crippen LogP) is 1.30. The van der Waals surface area contributed by atoms with Gasteiger partial charge in [0.1, 0.15) is 24.2 Å². The molecule has 0 unspecified atom stereocenters. The van der Waals surface area contributed by atoms with Crippen molar-refractivity contribution in [2.24, 2.45) is 7.05 Å². The maximum absolute atomic E-state index is 14.2. The van der Waals surface area contributed by atoms with Crippen molar-refractivity contribution in [1.29, 1.82) is 0 Å². The molecular weight excluding hydrogens is 331 g/mol. The van der Waals surface area contributed by atoms with Crippen LogP contribution in [0.4, 0.5) is 4.39 Å². The third kappa shape index (κ3) is 3.43. The molecule has 1 aliphatic rings. The molecule has 1 atom stereocenters. The van der Waals surface area contributed by atoms with Gasteiger partial charge < -0.3 is 14.8 Å². The van der Waals surface area contributed by atoms with E-state index in [2.05, 4.69) is 10.3 Å². The minimum atomic E-state index is -0.718. The quantitative estimate of drug-likeness (QED) is 0.884. The minimum Gasteiger partial charge on any atom is -0.340 e. The Kier molecular flexibility index (Phi) is 4.84. The Morgan fingerprint density at radius 3 is 2.88 bits per heavy atom. The number of amides is 2. The van der Waals surface area contributed by atoms with Crippen molar-refractivity contribution in [3.63, 3.8) is 0 Å². The highest BCUT2D eigenvalue weighted by molar-refractivity contribution is 8.00. The number of carbonyl (C=O) groups excluding carboxylic acids is 2. The fourth-order valence-corrected chi connectivity index (χ4v) is 3.47. The van der Waals surface area contributed by atoms with Crippen LogP contribution in [0.25, 0.3) is 0 Å². The minimum absolute atomic E-state index is 0.0405. The first-order chi connectivity index (χ1) is 11.6. The maximum Gasteiger partial charge on any atom is 0.240 e. The van der Waals surface area contributed by atoms with Gasteiger partial charge >= 0.3 is 0 Å². The average molecular weight is 348 g/mol. The van der Waals surface area contributed by atoms with Crippen LogP contribution in [0.2, 0.25) is 0 Å². The molecule has 1 aromatic carbocycles. The summed E-state index contributed by atoms with van der Waals surface area (Å²) in [4.78, 5) is 29.7. The molecule has 0 saturated carbocycles. The van der Waals surface area contributed by atoms with Crippen LogP contribution < -0.4 is 5.32 Å². The van der Waals surface area contributed by atoms with E-state index in [1.165, 1.54) is 22.7 Å². The summed E-state index contributed by atoms with van der Waals surface area (Å²) in [6.45, 7) is -0.0405. The van der Waals surface area contributed by atoms with E-state index < -0.39 is 11.9 Å². The molecule has 2 amide bonds. The Morgan fingerprint density at radius 2 is 2.25 bits per heavy atom. The number of nitrogens with zero attached hydrogens (tertiary/aromatic N) is 3. The van der Waals surface area contributed by atoms with Gasteiger partial charge in [-0.3, -0.25) is 9.59 Å². The van der Waals surface area contributed by atoms with Gasteiger partial charge in [0.05, 0.1) is 11.6 Å². The van der Waals surface area contributed by atoms with Gasteiger partial charge in [-0.05, 0) is 6.07 Å². The van der Waals surface area contributed by atoms with Crippen molar-refractivity contribution in [2.75, 3.05) is 18.2 Å². The summed E-state index contributed by atoms with van der Waals surface area (Å²) >= 11 is 1.47. The summed E-state index contributed by atoms with van der Waals surface area (Å²) in [5, 5.41) is 2.80. The van der Waals surface area contributed by atoms with Crippen molar-refractivity contribution in [2.45, 2.75) is 6.04 Å². The number of halogens is 1. The van der Waals surface area contributed by atoms with Gasteiger partial charge in [-0.15, -0.1) is 11.8 Å². The van der Waals surface area contributed by atoms with Gasteiger partial charge in [0.15, 0.2) is 0 Å². The highest BCUT2D eigenvalue weighted by Gasteiger charge is 2.27. The number of aryl methyl sites for hydroxylation is 1. The van der Waals surface area contributed by atoms with E-state index in [0.29, 0.717) is 23.0 Å². The zero-order valence-corrected chi connectivity index (χ0v) is 13.9. The predicted molar refractivity (Wildman–Crippen MR) is 88.6 cm³/mol. The molecule has 0 spiro atoms. The van der Waals surface area contributed by atoms with Crippen LogP contribution >= 0.6 is 11.8 Å². The zero-order chi connectivity index (χ0) is 17.1. The van der Waals surface area contributed by atoms with E-state index in [1.54, 1.807) is 42.2 Å². The molecule has 0 bridgehead atoms. The Hall–Kier alpha value is -2.35. The molecule has 0 aliphatic carbocycles. The summed E-state index contributed by atoms with van der Waals surface area (Å²) in [7, 11) is 1.78. The fourth-order valence-electron chi connectivity index (χ4n) is 2.57. The lowest BCUT2D eigenvalue weighted by atomic mass is 10.1. The lowest BCUT2D eigenvalue weighted by Gasteiger charge is -2.21. The van der Waals surface area contributed by atoms with Gasteiger partial charge in [0.2, 0.25) is 11.8 Å². The van der Waals surface area contributed by atoms with Crippen molar-refractivity contribution >= 4 is 23.6 Å². The van der Waals surface area contributed by atoms with E-state index in [9.17, 15) is 14.0 Å². The molecule has 2 heterocycles. The second-order valence-electron chi connectivity index (χ2n) is 5.49. The van der Waals surface area contributed by atoms with Gasteiger partial charge in [-0.1, -0.05) is 18.2 Å². The van der Waals surface area contributed by atoms with Crippen LogP contribution in [-0.4, -0.2) is 44.4 Å². The molecule has 126 valence electrons. The molecule has 24 heavy (non-hydrogen) atoms. The third-order valence-corrected chi connectivity index (χ3v) is 4.74. The van der Waals surface area contributed by atoms with Crippen molar-refractivity contribution in [1.82, 2.24) is 19.8 Å². The number of benzene rings is 1. The second-order valence-corrected chi connectivity index (χ2v) is 6.44. The number of aromatic nitrogens is 2. The first kappa shape index (κ1) is 16.5. The van der Waals surface area contributed by atoms with Crippen LogP contribution in [-0.2, 0) is 16.6 Å². The molecule has 8 heteroatoms. The molecule has 0 radical (unpaired) electrons. The highest BCUT2D eigenvalue weighted by Crippen LogP contribution is 2.23. The maximum atomic E-state index is 14.2. The van der Waals surface area contributed by atoms with Crippen molar-refractivity contribution in [3.05, 3.63) is 53.9 Å². The van der Waals surface area contributed by atoms with Crippen LogP contribution in [0.15, 0.2) is 36.7 Å². The molecule has 3 rings (SSSR count). The molecular formula is C16H17FN4O2S. The monoisotopic (exact) mass is 348 g/mol. The van der Waals surface area contributed by atoms with Crippen molar-refractivity contribution in [3.8, 4) is 0 Å². The number of imidazole rings is 1. The summed E-state index contributed by atoms with van der Waals surface area (Å²) in [6.07, 6.45) is 3.33. The van der Waals surface area contributed by atoms with Gasteiger partial charge in [0.25, 0.3) is 0 Å². The van der Waals surface area contributed by atoms with E-state index in [-0.39, 0.29) is 18.4 Å². The average Bonchev–Trinajstić information content (AvgIpc) is 3.15. The van der Waals surface area contributed by atoms with E-state index >= 15 is 0 Å². The molecule has 1 N–H and O–H groups in total. The number of thioether (sulfide) groups is 1. The zero-order valence-electron chi connectivity index (χ0n) is 13.1. The van der Waals surface area contributed by atoms with Gasteiger partial charge in [-0.2, -0.15) is 0 Å². The standard InChI is InChI=1S/C16H17FN4O2S/c1-20-7-6-18-16(20)15(11-4-2-3-5-12(11)17)19-13(22)8-21-10-24-9-14(21)23/h2-7,15H,8-10H2,1H3,(H,19,22)/t15-/m0/s1. The van der Waals surface area contributed by atoms with E-state index in [0.717, 1.165) is 0 Å². The first-order valence-electron chi connectivity index (χ1n) is 7.43. The summed E-state index contributed by atoms with van der Waals surface area (Å²) in [5.41, 5.74) is 0.335. The number of rotatable bonds is 5. The van der Waals surface area contributed by atoms with Crippen LogP contribution in [0.1, 0.15) is 17.4 Å². The molecule has 1 aliphatic heterocycles. The van der Waals surface area contributed by atoms with Crippen LogP contribution in [0.5, 0.6) is 0 Å². The third-order valence-electron chi connectivity index (χ3n) is 3.80. The summed E-state index contributed by atoms with van der Waals surface area (Å²) in [5.74, 6) is 0.591. The largest absolute Gasteiger partial charge is 0.340 e. The highest BCUT2D eigenvalue weighted by atomic mass is 32.2. The smallest absolute Gasteiger partial charge is 0.240 e. The SMILES string of the molecule is Cn1ccnc1[C@@H](NC(=O)CN1CSCC1=O)c1ccccc1F. The Labute approximate surface area is 143 Å². The number of hydrogen-bond donors (Lipinski definition) is 1. The molecule has 1 fully saturated rings. The normalized spacial score (nSPS) is 15.6. The van der Waals surface area contributed by atoms with E-state index in [4.69, 9.17) is 0 Å². The number of carbonyl (C=O) groups is 2. The molecule has 1 aromatic heterocycles. The first-order valence-corrected chi connectivity index (χ1v) is 8.58. The van der Waals surface area contributed by atoms with Crippen LogP contribution in [0.3, 0.4) is 0 Å². The molecule has 2 aromatic rings. The summed E-state index contributed by atoms with van der Waals surface area (Å²) < 4.78 is 16.0. The van der Waals surface area contributed by atoms with Gasteiger partial charge in [0, 0.05) is 25.0 Å². The number of hydrogen-bond acceptors (Lipinski definition) is 4. The molecule has 6 nitrogen and oxygen atoms in total. The lowest BCUT2D eigenvalue weighted by molar-refractivity contribution is -0.132. The van der Waals surface area contributed by atoms with Crippen molar-refractivity contribution < 1.29 is 14.0 Å². The Balaban J connectivity index is 1.83. The Bertz CT molecular complexity index is 764. The summed E-state index contributed by atoms with van der Waals surface area (Å²) in [6, 6.07) is 5.55. The number of nitrogens with one attached hydrogen (secondary N) is 1. The van der Waals surface area contributed by atoms with Crippen LogP contribution in [0, 0.1) is 5.82 Å². The van der Waals surface area contributed by atoms with Gasteiger partial charge in [-0.25, -0.2) is 9.37 Å². The Morgan fingerprint density at radius 1 is 1.46 bits per heavy atom. The fraction of sp³-hybridized carbons (Fsp3) is 0.312. The molecule has 1 saturated heterocycles.